The minimum absolute atomic E-state index is 0.422. The van der Waals surface area contributed by atoms with Crippen LogP contribution in [-0.4, -0.2) is 48.6 Å². The van der Waals surface area contributed by atoms with Crippen molar-refractivity contribution in [2.75, 3.05) is 26.7 Å². The maximum atomic E-state index is 8.85. The first-order valence-electron chi connectivity index (χ1n) is 5.85. The fourth-order valence-electron chi connectivity index (χ4n) is 2.49. The molecular formula is C12H23N3. The summed E-state index contributed by atoms with van der Waals surface area (Å²) in [6, 6.07) is 3.31. The van der Waals surface area contributed by atoms with Gasteiger partial charge >= 0.3 is 0 Å². The van der Waals surface area contributed by atoms with E-state index in [0.29, 0.717) is 24.4 Å². The Bertz CT molecular complexity index is 232. The molecule has 1 saturated heterocycles. The first-order chi connectivity index (χ1) is 7.04. The molecule has 1 fully saturated rings. The van der Waals surface area contributed by atoms with E-state index in [4.69, 9.17) is 5.26 Å². The average Bonchev–Trinajstić information content (AvgIpc) is 2.11. The zero-order valence-corrected chi connectivity index (χ0v) is 10.4. The fraction of sp³-hybridized carbons (Fsp3) is 0.917. The van der Waals surface area contributed by atoms with E-state index in [0.717, 1.165) is 19.6 Å². The molecule has 0 aliphatic carbocycles. The maximum Gasteiger partial charge on any atom is 0.0638 e. The zero-order valence-electron chi connectivity index (χ0n) is 10.4. The highest BCUT2D eigenvalue weighted by Crippen LogP contribution is 2.18. The lowest BCUT2D eigenvalue weighted by atomic mass is 10.0. The Balaban J connectivity index is 2.65. The molecular weight excluding hydrogens is 186 g/mol. The van der Waals surface area contributed by atoms with Crippen molar-refractivity contribution in [1.29, 1.82) is 5.26 Å². The van der Waals surface area contributed by atoms with E-state index in [-0.39, 0.29) is 0 Å². The standard InChI is InChI=1S/C12H23N3/c1-10(2)7-15-11(3)8-14(4)9-12(15)5-6-13/h10-12H,5,7-9H2,1-4H3. The van der Waals surface area contributed by atoms with Crippen LogP contribution in [0, 0.1) is 17.2 Å². The van der Waals surface area contributed by atoms with Crippen LogP contribution in [0.15, 0.2) is 0 Å². The van der Waals surface area contributed by atoms with Crippen LogP contribution in [-0.2, 0) is 0 Å². The molecule has 1 aliphatic rings. The molecule has 1 rings (SSSR count). The van der Waals surface area contributed by atoms with Crippen LogP contribution in [0.4, 0.5) is 0 Å². The van der Waals surface area contributed by atoms with Crippen LogP contribution < -0.4 is 0 Å². The number of hydrogen-bond acceptors (Lipinski definition) is 3. The molecule has 0 amide bonds. The Morgan fingerprint density at radius 3 is 2.60 bits per heavy atom. The third kappa shape index (κ3) is 3.48. The van der Waals surface area contributed by atoms with Gasteiger partial charge in [0, 0.05) is 31.7 Å². The second kappa shape index (κ2) is 5.48. The highest BCUT2D eigenvalue weighted by atomic mass is 15.3. The van der Waals surface area contributed by atoms with Gasteiger partial charge < -0.3 is 4.90 Å². The van der Waals surface area contributed by atoms with Gasteiger partial charge in [0.2, 0.25) is 0 Å². The summed E-state index contributed by atoms with van der Waals surface area (Å²) in [5.74, 6) is 0.678. The lowest BCUT2D eigenvalue weighted by Gasteiger charge is -2.44. The summed E-state index contributed by atoms with van der Waals surface area (Å²) in [7, 11) is 2.15. The second-order valence-corrected chi connectivity index (χ2v) is 5.18. The Kier molecular flexibility index (Phi) is 4.56. The van der Waals surface area contributed by atoms with Gasteiger partial charge in [-0.25, -0.2) is 0 Å². The molecule has 0 spiro atoms. The first kappa shape index (κ1) is 12.5. The predicted molar refractivity (Wildman–Crippen MR) is 62.5 cm³/mol. The van der Waals surface area contributed by atoms with Crippen LogP contribution >= 0.6 is 0 Å². The lowest BCUT2D eigenvalue weighted by molar-refractivity contribution is 0.0367. The monoisotopic (exact) mass is 209 g/mol. The molecule has 1 aliphatic heterocycles. The van der Waals surface area contributed by atoms with Gasteiger partial charge in [-0.15, -0.1) is 0 Å². The largest absolute Gasteiger partial charge is 0.303 e. The normalized spacial score (nSPS) is 29.3. The molecule has 1 heterocycles. The van der Waals surface area contributed by atoms with Crippen molar-refractivity contribution in [1.82, 2.24) is 9.80 Å². The predicted octanol–water partition coefficient (Wildman–Crippen LogP) is 1.56. The number of likely N-dealkylation sites (N-methyl/N-ethyl adjacent to an activating group) is 1. The topological polar surface area (TPSA) is 30.3 Å². The van der Waals surface area contributed by atoms with Crippen LogP contribution in [0.2, 0.25) is 0 Å². The number of rotatable bonds is 3. The summed E-state index contributed by atoms with van der Waals surface area (Å²) in [6.45, 7) is 10.0. The quantitative estimate of drug-likeness (QED) is 0.706. The van der Waals surface area contributed by atoms with E-state index >= 15 is 0 Å². The van der Waals surface area contributed by atoms with Crippen molar-refractivity contribution in [3.05, 3.63) is 0 Å². The van der Waals surface area contributed by atoms with E-state index in [9.17, 15) is 0 Å². The van der Waals surface area contributed by atoms with Gasteiger partial charge in [0.1, 0.15) is 0 Å². The molecule has 0 aromatic rings. The maximum absolute atomic E-state index is 8.85. The van der Waals surface area contributed by atoms with Gasteiger partial charge in [-0.1, -0.05) is 13.8 Å². The molecule has 0 aromatic carbocycles. The highest BCUT2D eigenvalue weighted by Gasteiger charge is 2.30. The zero-order chi connectivity index (χ0) is 11.4. The Morgan fingerprint density at radius 1 is 1.40 bits per heavy atom. The van der Waals surface area contributed by atoms with Crippen molar-refractivity contribution in [3.8, 4) is 6.07 Å². The number of hydrogen-bond donors (Lipinski definition) is 0. The summed E-state index contributed by atoms with van der Waals surface area (Å²) in [4.78, 5) is 4.84. The smallest absolute Gasteiger partial charge is 0.0638 e. The summed E-state index contributed by atoms with van der Waals surface area (Å²) in [5, 5.41) is 8.85. The summed E-state index contributed by atoms with van der Waals surface area (Å²) >= 11 is 0. The Labute approximate surface area is 93.7 Å². The molecule has 86 valence electrons. The molecule has 0 bridgehead atoms. The average molecular weight is 209 g/mol. The van der Waals surface area contributed by atoms with E-state index in [1.807, 2.05) is 0 Å². The Hall–Kier alpha value is -0.590. The van der Waals surface area contributed by atoms with Crippen LogP contribution in [0.1, 0.15) is 27.2 Å². The highest BCUT2D eigenvalue weighted by molar-refractivity contribution is 4.91. The van der Waals surface area contributed by atoms with Gasteiger partial charge in [0.15, 0.2) is 0 Å². The van der Waals surface area contributed by atoms with Gasteiger partial charge in [-0.05, 0) is 19.9 Å². The molecule has 3 heteroatoms. The van der Waals surface area contributed by atoms with Crippen molar-refractivity contribution >= 4 is 0 Å². The fourth-order valence-corrected chi connectivity index (χ4v) is 2.49. The third-order valence-corrected chi connectivity index (χ3v) is 3.04. The van der Waals surface area contributed by atoms with Gasteiger partial charge in [-0.3, -0.25) is 4.90 Å². The van der Waals surface area contributed by atoms with Crippen molar-refractivity contribution in [2.45, 2.75) is 39.3 Å². The van der Waals surface area contributed by atoms with E-state index in [1.165, 1.54) is 0 Å². The number of nitriles is 1. The molecule has 0 radical (unpaired) electrons. The lowest BCUT2D eigenvalue weighted by Crippen LogP contribution is -2.57. The third-order valence-electron chi connectivity index (χ3n) is 3.04. The van der Waals surface area contributed by atoms with Crippen molar-refractivity contribution < 1.29 is 0 Å². The summed E-state index contributed by atoms with van der Waals surface area (Å²) < 4.78 is 0. The summed E-state index contributed by atoms with van der Waals surface area (Å²) in [5.41, 5.74) is 0. The van der Waals surface area contributed by atoms with E-state index < -0.39 is 0 Å². The van der Waals surface area contributed by atoms with Gasteiger partial charge in [0.05, 0.1) is 12.5 Å². The first-order valence-corrected chi connectivity index (χ1v) is 5.85. The van der Waals surface area contributed by atoms with Crippen LogP contribution in [0.25, 0.3) is 0 Å². The van der Waals surface area contributed by atoms with E-state index in [1.54, 1.807) is 0 Å². The molecule has 0 saturated carbocycles. The van der Waals surface area contributed by atoms with Crippen molar-refractivity contribution in [3.63, 3.8) is 0 Å². The molecule has 2 unspecified atom stereocenters. The molecule has 2 atom stereocenters. The minimum atomic E-state index is 0.422. The second-order valence-electron chi connectivity index (χ2n) is 5.18. The van der Waals surface area contributed by atoms with Crippen molar-refractivity contribution in [2.24, 2.45) is 5.92 Å². The molecule has 15 heavy (non-hydrogen) atoms. The van der Waals surface area contributed by atoms with Gasteiger partial charge in [0.25, 0.3) is 0 Å². The number of nitrogens with zero attached hydrogens (tertiary/aromatic N) is 3. The minimum Gasteiger partial charge on any atom is -0.303 e. The van der Waals surface area contributed by atoms with Gasteiger partial charge in [-0.2, -0.15) is 5.26 Å². The molecule has 3 nitrogen and oxygen atoms in total. The van der Waals surface area contributed by atoms with Crippen LogP contribution in [0.5, 0.6) is 0 Å². The van der Waals surface area contributed by atoms with Crippen LogP contribution in [0.3, 0.4) is 0 Å². The SMILES string of the molecule is CC(C)CN1C(C)CN(C)CC1CC#N. The summed E-state index contributed by atoms with van der Waals surface area (Å²) in [6.07, 6.45) is 0.654. The number of piperazine rings is 1. The van der Waals surface area contributed by atoms with E-state index in [2.05, 4.69) is 43.7 Å². The molecule has 0 N–H and O–H groups in total. The molecule has 0 aromatic heterocycles. The Morgan fingerprint density at radius 2 is 2.07 bits per heavy atom.